The summed E-state index contributed by atoms with van der Waals surface area (Å²) >= 11 is 5.84. The number of hydrogen-bond acceptors (Lipinski definition) is 3. The molecule has 0 unspecified atom stereocenters. The quantitative estimate of drug-likeness (QED) is 0.703. The number of hydrogen-bond donors (Lipinski definition) is 0. The standard InChI is InChI=1S/C19H17ClF2O3S/c20-14-3-6-16(7-4-14)26(24,25)19(9-1-2-13(11-19)12-23)17-10-15(21)5-8-18(17)22/h3-8,10,12-13H,1-2,9,11H2/t13-,19+/m0/s1. The van der Waals surface area contributed by atoms with Crippen LogP contribution in [-0.4, -0.2) is 14.7 Å². The molecule has 0 aliphatic heterocycles. The lowest BCUT2D eigenvalue weighted by molar-refractivity contribution is -0.112. The Morgan fingerprint density at radius 1 is 1.12 bits per heavy atom. The van der Waals surface area contributed by atoms with Gasteiger partial charge in [0.05, 0.1) is 4.90 Å². The fourth-order valence-electron chi connectivity index (χ4n) is 3.71. The van der Waals surface area contributed by atoms with Crippen molar-refractivity contribution in [1.82, 2.24) is 0 Å². The second-order valence-electron chi connectivity index (χ2n) is 6.57. The molecular formula is C19H17ClF2O3S. The Hall–Kier alpha value is -1.79. The third-order valence-corrected chi connectivity index (χ3v) is 7.76. The maximum absolute atomic E-state index is 14.6. The average molecular weight is 399 g/mol. The van der Waals surface area contributed by atoms with Gasteiger partial charge in [0.2, 0.25) is 0 Å². The molecule has 1 fully saturated rings. The monoisotopic (exact) mass is 398 g/mol. The second kappa shape index (κ2) is 7.08. The van der Waals surface area contributed by atoms with Crippen LogP contribution in [0, 0.1) is 17.6 Å². The highest BCUT2D eigenvalue weighted by Gasteiger charge is 2.50. The minimum atomic E-state index is -4.10. The van der Waals surface area contributed by atoms with E-state index in [4.69, 9.17) is 11.6 Å². The fourth-order valence-corrected chi connectivity index (χ4v) is 6.08. The fraction of sp³-hybridized carbons (Fsp3) is 0.316. The van der Waals surface area contributed by atoms with E-state index in [1.54, 1.807) is 0 Å². The second-order valence-corrected chi connectivity index (χ2v) is 9.26. The summed E-state index contributed by atoms with van der Waals surface area (Å²) in [4.78, 5) is 11.3. The van der Waals surface area contributed by atoms with Crippen molar-refractivity contribution in [3.05, 3.63) is 64.7 Å². The van der Waals surface area contributed by atoms with E-state index in [1.807, 2.05) is 0 Å². The number of aldehydes is 1. The van der Waals surface area contributed by atoms with E-state index in [-0.39, 0.29) is 23.3 Å². The first-order chi connectivity index (χ1) is 12.3. The number of carbonyl (C=O) groups excluding carboxylic acids is 1. The number of sulfone groups is 1. The summed E-state index contributed by atoms with van der Waals surface area (Å²) in [5.74, 6) is -2.05. The number of halogens is 3. The Morgan fingerprint density at radius 2 is 1.81 bits per heavy atom. The van der Waals surface area contributed by atoms with Crippen molar-refractivity contribution in [2.75, 3.05) is 0 Å². The van der Waals surface area contributed by atoms with E-state index in [0.717, 1.165) is 18.2 Å². The van der Waals surface area contributed by atoms with Gasteiger partial charge in [-0.2, -0.15) is 0 Å². The van der Waals surface area contributed by atoms with Gasteiger partial charge in [-0.1, -0.05) is 18.0 Å². The van der Waals surface area contributed by atoms with Gasteiger partial charge in [-0.25, -0.2) is 17.2 Å². The molecule has 0 radical (unpaired) electrons. The van der Waals surface area contributed by atoms with E-state index < -0.39 is 32.1 Å². The molecular weight excluding hydrogens is 382 g/mol. The first-order valence-corrected chi connectivity index (χ1v) is 10.1. The van der Waals surface area contributed by atoms with Crippen LogP contribution in [0.15, 0.2) is 47.4 Å². The first-order valence-electron chi connectivity index (χ1n) is 8.21. The average Bonchev–Trinajstić information content (AvgIpc) is 2.64. The summed E-state index contributed by atoms with van der Waals surface area (Å²) in [5.41, 5.74) is -0.223. The van der Waals surface area contributed by atoms with Gasteiger partial charge in [-0.05, 0) is 61.7 Å². The SMILES string of the molecule is O=C[C@H]1CCC[C@@](c2cc(F)ccc2F)(S(=O)(=O)c2ccc(Cl)cc2)C1. The van der Waals surface area contributed by atoms with Crippen LogP contribution in [0.5, 0.6) is 0 Å². The molecule has 0 aromatic heterocycles. The minimum absolute atomic E-state index is 0.0305. The molecule has 2 aromatic carbocycles. The van der Waals surface area contributed by atoms with Gasteiger partial charge in [0.1, 0.15) is 22.7 Å². The van der Waals surface area contributed by atoms with Crippen molar-refractivity contribution in [2.45, 2.75) is 35.3 Å². The number of rotatable bonds is 4. The third kappa shape index (κ3) is 3.16. The van der Waals surface area contributed by atoms with Crippen LogP contribution in [0.1, 0.15) is 31.2 Å². The van der Waals surface area contributed by atoms with E-state index in [1.165, 1.54) is 24.3 Å². The van der Waals surface area contributed by atoms with Crippen molar-refractivity contribution in [1.29, 1.82) is 0 Å². The first kappa shape index (κ1) is 19.0. The zero-order valence-corrected chi connectivity index (χ0v) is 15.4. The maximum atomic E-state index is 14.6. The van der Waals surface area contributed by atoms with Crippen LogP contribution in [0.3, 0.4) is 0 Å². The lowest BCUT2D eigenvalue weighted by Crippen LogP contribution is -2.42. The molecule has 0 saturated heterocycles. The molecule has 3 nitrogen and oxygen atoms in total. The zero-order valence-electron chi connectivity index (χ0n) is 13.8. The highest BCUT2D eigenvalue weighted by Crippen LogP contribution is 2.49. The summed E-state index contributed by atoms with van der Waals surface area (Å²) in [6.45, 7) is 0. The molecule has 0 amide bonds. The molecule has 0 bridgehead atoms. The maximum Gasteiger partial charge on any atom is 0.188 e. The van der Waals surface area contributed by atoms with Crippen LogP contribution in [0.2, 0.25) is 5.02 Å². The summed E-state index contributed by atoms with van der Waals surface area (Å²) in [6, 6.07) is 8.36. The van der Waals surface area contributed by atoms with Crippen molar-refractivity contribution in [3.63, 3.8) is 0 Å². The van der Waals surface area contributed by atoms with Crippen LogP contribution in [0.25, 0.3) is 0 Å². The van der Waals surface area contributed by atoms with Crippen LogP contribution < -0.4 is 0 Å². The van der Waals surface area contributed by atoms with Gasteiger partial charge < -0.3 is 4.79 Å². The van der Waals surface area contributed by atoms with Gasteiger partial charge in [0, 0.05) is 16.5 Å². The van der Waals surface area contributed by atoms with Gasteiger partial charge in [0.25, 0.3) is 0 Å². The summed E-state index contributed by atoms with van der Waals surface area (Å²) < 4.78 is 53.7. The normalized spacial score (nSPS) is 23.6. The van der Waals surface area contributed by atoms with Gasteiger partial charge >= 0.3 is 0 Å². The molecule has 2 atom stereocenters. The van der Waals surface area contributed by atoms with Gasteiger partial charge in [-0.3, -0.25) is 0 Å². The molecule has 0 heterocycles. The topological polar surface area (TPSA) is 51.2 Å². The summed E-state index contributed by atoms with van der Waals surface area (Å²) in [7, 11) is -4.10. The Labute approximate surface area is 155 Å². The minimum Gasteiger partial charge on any atom is -0.303 e. The lowest BCUT2D eigenvalue weighted by atomic mass is 9.77. The zero-order chi connectivity index (χ0) is 18.9. The largest absolute Gasteiger partial charge is 0.303 e. The Bertz CT molecular complexity index is 928. The number of carbonyl (C=O) groups is 1. The number of benzene rings is 2. The van der Waals surface area contributed by atoms with Gasteiger partial charge in [0.15, 0.2) is 9.84 Å². The third-order valence-electron chi connectivity index (χ3n) is 5.00. The molecule has 1 aliphatic carbocycles. The highest BCUT2D eigenvalue weighted by molar-refractivity contribution is 7.92. The van der Waals surface area contributed by atoms with Crippen molar-refractivity contribution in [3.8, 4) is 0 Å². The highest BCUT2D eigenvalue weighted by atomic mass is 35.5. The van der Waals surface area contributed by atoms with E-state index in [9.17, 15) is 22.0 Å². The Balaban J connectivity index is 2.25. The lowest BCUT2D eigenvalue weighted by Gasteiger charge is -2.39. The summed E-state index contributed by atoms with van der Waals surface area (Å²) in [5, 5.41) is 0.365. The predicted octanol–water partition coefficient (Wildman–Crippen LogP) is 4.68. The molecule has 7 heteroatoms. The molecule has 138 valence electrons. The van der Waals surface area contributed by atoms with Crippen molar-refractivity contribution in [2.24, 2.45) is 5.92 Å². The smallest absolute Gasteiger partial charge is 0.188 e. The summed E-state index contributed by atoms with van der Waals surface area (Å²) in [6.07, 6.45) is 1.68. The molecule has 0 N–H and O–H groups in total. The molecule has 1 saturated carbocycles. The van der Waals surface area contributed by atoms with Crippen molar-refractivity contribution < 1.29 is 22.0 Å². The molecule has 3 rings (SSSR count). The van der Waals surface area contributed by atoms with Crippen LogP contribution >= 0.6 is 11.6 Å². The molecule has 2 aromatic rings. The Morgan fingerprint density at radius 3 is 2.46 bits per heavy atom. The van der Waals surface area contributed by atoms with Crippen LogP contribution in [0.4, 0.5) is 8.78 Å². The Kier molecular flexibility index (Phi) is 5.17. The van der Waals surface area contributed by atoms with Crippen molar-refractivity contribution >= 4 is 27.7 Å². The molecule has 0 spiro atoms. The van der Waals surface area contributed by atoms with Gasteiger partial charge in [-0.15, -0.1) is 0 Å². The van der Waals surface area contributed by atoms with E-state index in [2.05, 4.69) is 0 Å². The van der Waals surface area contributed by atoms with Crippen LogP contribution in [-0.2, 0) is 19.4 Å². The molecule has 1 aliphatic rings. The molecule has 26 heavy (non-hydrogen) atoms. The van der Waals surface area contributed by atoms with E-state index >= 15 is 0 Å². The predicted molar refractivity (Wildman–Crippen MR) is 94.7 cm³/mol. The van der Waals surface area contributed by atoms with E-state index in [0.29, 0.717) is 24.2 Å².